The average molecular weight is 243 g/mol. The minimum atomic E-state index is 0. The molecule has 0 aromatic heterocycles. The van der Waals surface area contributed by atoms with Crippen molar-refractivity contribution in [3.63, 3.8) is 0 Å². The fourth-order valence-electron chi connectivity index (χ4n) is 3.48. The van der Waals surface area contributed by atoms with Gasteiger partial charge in [0.15, 0.2) is 0 Å². The van der Waals surface area contributed by atoms with Crippen LogP contribution in [0.3, 0.4) is 0 Å². The van der Waals surface area contributed by atoms with Crippen LogP contribution in [-0.2, 0) is 5.41 Å². The predicted octanol–water partition coefficient (Wildman–Crippen LogP) is 4.71. The summed E-state index contributed by atoms with van der Waals surface area (Å²) in [4.78, 5) is 2.40. The normalized spacial score (nSPS) is 25.1. The third kappa shape index (κ3) is 1.53. The van der Waals surface area contributed by atoms with Crippen molar-refractivity contribution >= 4 is 5.69 Å². The number of benzene rings is 1. The van der Waals surface area contributed by atoms with Gasteiger partial charge in [0.25, 0.3) is 0 Å². The molecule has 1 atom stereocenters. The molecule has 1 nitrogen and oxygen atoms in total. The fourth-order valence-corrected chi connectivity index (χ4v) is 3.48. The van der Waals surface area contributed by atoms with E-state index in [0.29, 0.717) is 0 Å². The molecule has 1 aliphatic heterocycles. The molecule has 0 amide bonds. The maximum absolute atomic E-state index is 2.44. The molecule has 0 saturated carbocycles. The topological polar surface area (TPSA) is 3.24 Å². The zero-order valence-electron chi connectivity index (χ0n) is 11.3. The number of fused-ring (bicyclic) bond motifs is 3. The lowest BCUT2D eigenvalue weighted by Gasteiger charge is -2.32. The van der Waals surface area contributed by atoms with Crippen molar-refractivity contribution in [3.05, 3.63) is 40.6 Å². The molecule has 2 aliphatic rings. The van der Waals surface area contributed by atoms with Gasteiger partial charge in [-0.05, 0) is 62.8 Å². The number of likely N-dealkylation sites (N-methyl/N-ethyl adjacent to an activating group) is 1. The molecule has 3 rings (SSSR count). The van der Waals surface area contributed by atoms with Crippen molar-refractivity contribution in [1.29, 1.82) is 0 Å². The Morgan fingerprint density at radius 2 is 1.83 bits per heavy atom. The van der Waals surface area contributed by atoms with Crippen LogP contribution in [0, 0.1) is 13.8 Å². The lowest BCUT2D eigenvalue weighted by Crippen LogP contribution is -2.28. The van der Waals surface area contributed by atoms with E-state index < -0.39 is 0 Å². The molecule has 0 radical (unpaired) electrons. The lowest BCUT2D eigenvalue weighted by atomic mass is 9.74. The van der Waals surface area contributed by atoms with Gasteiger partial charge in [0.05, 0.1) is 0 Å². The maximum atomic E-state index is 2.44. The molecule has 0 bridgehead atoms. The van der Waals surface area contributed by atoms with E-state index in [1.807, 2.05) is 0 Å². The minimum Gasteiger partial charge on any atom is -0.347 e. The van der Waals surface area contributed by atoms with Crippen LogP contribution in [0.2, 0.25) is 0 Å². The van der Waals surface area contributed by atoms with Crippen LogP contribution >= 0.6 is 0 Å². The highest BCUT2D eigenvalue weighted by Crippen LogP contribution is 2.52. The van der Waals surface area contributed by atoms with Gasteiger partial charge in [-0.3, -0.25) is 0 Å². The zero-order chi connectivity index (χ0) is 12.2. The van der Waals surface area contributed by atoms with Gasteiger partial charge >= 0.3 is 0 Å². The van der Waals surface area contributed by atoms with E-state index in [1.165, 1.54) is 47.3 Å². The van der Waals surface area contributed by atoms with Crippen LogP contribution in [0.25, 0.3) is 0 Å². The summed E-state index contributed by atoms with van der Waals surface area (Å²) in [5.74, 6) is 0. The zero-order valence-corrected chi connectivity index (χ0v) is 11.3. The molecule has 0 fully saturated rings. The molecule has 1 heterocycles. The highest BCUT2D eigenvalue weighted by atomic mass is 15.2. The van der Waals surface area contributed by atoms with Crippen LogP contribution in [0.4, 0.5) is 5.69 Å². The smallest absolute Gasteiger partial charge is 0.0450 e. The Hall–Kier alpha value is -1.24. The van der Waals surface area contributed by atoms with Crippen molar-refractivity contribution in [2.45, 2.75) is 52.9 Å². The van der Waals surface area contributed by atoms with Crippen LogP contribution in [0.1, 0.15) is 50.3 Å². The van der Waals surface area contributed by atoms with Gasteiger partial charge in [0.2, 0.25) is 0 Å². The summed E-state index contributed by atoms with van der Waals surface area (Å²) in [5, 5.41) is 0. The molecule has 1 heteroatoms. The van der Waals surface area contributed by atoms with Crippen molar-refractivity contribution in [1.82, 2.24) is 0 Å². The van der Waals surface area contributed by atoms with Gasteiger partial charge < -0.3 is 4.90 Å². The molecule has 0 saturated heterocycles. The molecule has 0 N–H and O–H groups in total. The van der Waals surface area contributed by atoms with Crippen LogP contribution < -0.4 is 4.90 Å². The number of rotatable bonds is 0. The summed E-state index contributed by atoms with van der Waals surface area (Å²) in [6, 6.07) is 4.77. The first kappa shape index (κ1) is 13.2. The molecule has 1 aromatic carbocycles. The summed E-state index contributed by atoms with van der Waals surface area (Å²) in [7, 11) is 2.22. The Kier molecular flexibility index (Phi) is 3.04. The van der Waals surface area contributed by atoms with Crippen LogP contribution in [-0.4, -0.2) is 7.05 Å². The van der Waals surface area contributed by atoms with E-state index in [-0.39, 0.29) is 12.8 Å². The molecule has 1 aromatic rings. The first-order chi connectivity index (χ1) is 8.04. The van der Waals surface area contributed by atoms with Crippen LogP contribution in [0.15, 0.2) is 23.9 Å². The summed E-state index contributed by atoms with van der Waals surface area (Å²) >= 11 is 0. The van der Waals surface area contributed by atoms with Crippen molar-refractivity contribution in [3.8, 4) is 0 Å². The maximum Gasteiger partial charge on any atom is 0.0450 e. The number of hydrogen-bond acceptors (Lipinski definition) is 1. The van der Waals surface area contributed by atoms with Crippen molar-refractivity contribution in [2.24, 2.45) is 0 Å². The number of aryl methyl sites for hydroxylation is 2. The molecular formula is C17H25N. The van der Waals surface area contributed by atoms with E-state index in [1.54, 1.807) is 0 Å². The minimum absolute atomic E-state index is 0. The number of nitrogens with zero attached hydrogens (tertiary/aromatic N) is 1. The Balaban J connectivity index is 0.00000120. The molecule has 1 unspecified atom stereocenters. The Morgan fingerprint density at radius 1 is 1.17 bits per heavy atom. The molecule has 0 spiro atoms. The van der Waals surface area contributed by atoms with E-state index in [2.05, 4.69) is 50.9 Å². The summed E-state index contributed by atoms with van der Waals surface area (Å²) in [6.45, 7) is 6.85. The molecule has 98 valence electrons. The number of allylic oxidation sites excluding steroid dienone is 2. The quantitative estimate of drug-likeness (QED) is 0.637. The summed E-state index contributed by atoms with van der Waals surface area (Å²) in [5.41, 5.74) is 7.56. The van der Waals surface area contributed by atoms with Crippen molar-refractivity contribution in [2.75, 3.05) is 11.9 Å². The Morgan fingerprint density at radius 3 is 2.56 bits per heavy atom. The SMILES string of the molecule is C.Cc1cc2c(cc1C)C1(C)CCCC=C1N2C. The first-order valence-corrected chi connectivity index (χ1v) is 6.60. The predicted molar refractivity (Wildman–Crippen MR) is 80.3 cm³/mol. The Labute approximate surface area is 112 Å². The van der Waals surface area contributed by atoms with Gasteiger partial charge in [0.1, 0.15) is 0 Å². The van der Waals surface area contributed by atoms with Gasteiger partial charge in [-0.15, -0.1) is 0 Å². The average Bonchev–Trinajstić information content (AvgIpc) is 2.51. The second kappa shape index (κ2) is 4.15. The summed E-state index contributed by atoms with van der Waals surface area (Å²) < 4.78 is 0. The molecule has 1 aliphatic carbocycles. The first-order valence-electron chi connectivity index (χ1n) is 6.60. The van der Waals surface area contributed by atoms with E-state index in [0.717, 1.165) is 0 Å². The van der Waals surface area contributed by atoms with E-state index in [4.69, 9.17) is 0 Å². The summed E-state index contributed by atoms with van der Waals surface area (Å²) in [6.07, 6.45) is 6.29. The molecule has 18 heavy (non-hydrogen) atoms. The standard InChI is InChI=1S/C16H21N.CH4/c1-11-9-13-14(10-12(11)2)17(4)15-7-5-6-8-16(13,15)3;/h7,9-10H,5-6,8H2,1-4H3;1H4. The third-order valence-electron chi connectivity index (χ3n) is 4.71. The fraction of sp³-hybridized carbons (Fsp3) is 0.529. The van der Waals surface area contributed by atoms with E-state index in [9.17, 15) is 0 Å². The van der Waals surface area contributed by atoms with Gasteiger partial charge in [-0.25, -0.2) is 0 Å². The monoisotopic (exact) mass is 243 g/mol. The third-order valence-corrected chi connectivity index (χ3v) is 4.71. The molecular weight excluding hydrogens is 218 g/mol. The largest absolute Gasteiger partial charge is 0.347 e. The van der Waals surface area contributed by atoms with E-state index >= 15 is 0 Å². The highest BCUT2D eigenvalue weighted by Gasteiger charge is 2.43. The second-order valence-corrected chi connectivity index (χ2v) is 5.83. The highest BCUT2D eigenvalue weighted by molar-refractivity contribution is 5.72. The number of anilines is 1. The second-order valence-electron chi connectivity index (χ2n) is 5.83. The van der Waals surface area contributed by atoms with Crippen LogP contribution in [0.5, 0.6) is 0 Å². The van der Waals surface area contributed by atoms with Gasteiger partial charge in [-0.1, -0.05) is 19.6 Å². The number of hydrogen-bond donors (Lipinski definition) is 0. The van der Waals surface area contributed by atoms with Crippen molar-refractivity contribution < 1.29 is 0 Å². The Bertz CT molecular complexity index is 513. The van der Waals surface area contributed by atoms with Gasteiger partial charge in [0, 0.05) is 23.8 Å². The van der Waals surface area contributed by atoms with Gasteiger partial charge in [-0.2, -0.15) is 0 Å². The lowest BCUT2D eigenvalue weighted by molar-refractivity contribution is 0.475.